The van der Waals surface area contributed by atoms with Gasteiger partial charge in [0.25, 0.3) is 0 Å². The van der Waals surface area contributed by atoms with Crippen molar-refractivity contribution in [1.82, 2.24) is 9.97 Å². The fraction of sp³-hybridized carbons (Fsp3) is 0.0909. The Balaban J connectivity index is 2.30. The van der Waals surface area contributed by atoms with E-state index in [9.17, 15) is 0 Å². The SMILES string of the molecule is Cc1cnccc1Sc1ncccc1N. The molecule has 0 atom stereocenters. The lowest BCUT2D eigenvalue weighted by Gasteiger charge is -2.05. The third-order valence-corrected chi connectivity index (χ3v) is 3.19. The molecule has 2 heterocycles. The van der Waals surface area contributed by atoms with Crippen LogP contribution in [-0.2, 0) is 0 Å². The van der Waals surface area contributed by atoms with Crippen molar-refractivity contribution in [2.45, 2.75) is 16.8 Å². The zero-order chi connectivity index (χ0) is 10.7. The Kier molecular flexibility index (Phi) is 2.87. The van der Waals surface area contributed by atoms with Crippen molar-refractivity contribution in [2.24, 2.45) is 0 Å². The predicted octanol–water partition coefficient (Wildman–Crippen LogP) is 2.52. The number of anilines is 1. The molecule has 4 heteroatoms. The summed E-state index contributed by atoms with van der Waals surface area (Å²) in [4.78, 5) is 9.41. The first-order chi connectivity index (χ1) is 7.27. The Morgan fingerprint density at radius 1 is 1.27 bits per heavy atom. The number of hydrogen-bond donors (Lipinski definition) is 1. The predicted molar refractivity (Wildman–Crippen MR) is 61.7 cm³/mol. The lowest BCUT2D eigenvalue weighted by atomic mass is 10.3. The molecule has 0 bridgehead atoms. The molecule has 0 saturated heterocycles. The van der Waals surface area contributed by atoms with Crippen LogP contribution in [0.2, 0.25) is 0 Å². The van der Waals surface area contributed by atoms with E-state index in [1.165, 1.54) is 0 Å². The summed E-state index contributed by atoms with van der Waals surface area (Å²) in [5.41, 5.74) is 7.66. The van der Waals surface area contributed by atoms with Gasteiger partial charge in [-0.15, -0.1) is 0 Å². The highest BCUT2D eigenvalue weighted by Crippen LogP contribution is 2.31. The van der Waals surface area contributed by atoms with Crippen molar-refractivity contribution in [1.29, 1.82) is 0 Å². The van der Waals surface area contributed by atoms with Crippen molar-refractivity contribution >= 4 is 17.4 Å². The Morgan fingerprint density at radius 2 is 2.13 bits per heavy atom. The molecule has 0 fully saturated rings. The van der Waals surface area contributed by atoms with Gasteiger partial charge in [-0.1, -0.05) is 11.8 Å². The van der Waals surface area contributed by atoms with Crippen LogP contribution in [0.15, 0.2) is 46.7 Å². The molecule has 2 aromatic heterocycles. The van der Waals surface area contributed by atoms with E-state index in [1.54, 1.807) is 24.2 Å². The van der Waals surface area contributed by atoms with Crippen LogP contribution in [0, 0.1) is 6.92 Å². The topological polar surface area (TPSA) is 51.8 Å². The van der Waals surface area contributed by atoms with Gasteiger partial charge in [-0.2, -0.15) is 0 Å². The van der Waals surface area contributed by atoms with Crippen molar-refractivity contribution < 1.29 is 0 Å². The van der Waals surface area contributed by atoms with Crippen LogP contribution in [0.3, 0.4) is 0 Å². The maximum atomic E-state index is 5.82. The van der Waals surface area contributed by atoms with E-state index in [2.05, 4.69) is 9.97 Å². The Bertz CT molecular complexity index is 427. The first kappa shape index (κ1) is 9.98. The van der Waals surface area contributed by atoms with Crippen LogP contribution in [-0.4, -0.2) is 9.97 Å². The molecule has 3 nitrogen and oxygen atoms in total. The van der Waals surface area contributed by atoms with Gasteiger partial charge in [-0.05, 0) is 30.7 Å². The van der Waals surface area contributed by atoms with Gasteiger partial charge in [-0.3, -0.25) is 4.98 Å². The number of aryl methyl sites for hydroxylation is 1. The number of nitrogen functional groups attached to an aromatic ring is 1. The number of nitrogens with zero attached hydrogens (tertiary/aromatic N) is 2. The molecular weight excluding hydrogens is 206 g/mol. The Labute approximate surface area is 92.8 Å². The third kappa shape index (κ3) is 2.27. The van der Waals surface area contributed by atoms with Gasteiger partial charge >= 0.3 is 0 Å². The maximum absolute atomic E-state index is 5.82. The lowest BCUT2D eigenvalue weighted by Crippen LogP contribution is -1.91. The molecule has 0 aliphatic rings. The molecule has 0 aliphatic heterocycles. The number of pyridine rings is 2. The summed E-state index contributed by atoms with van der Waals surface area (Å²) in [5, 5.41) is 0.840. The summed E-state index contributed by atoms with van der Waals surface area (Å²) in [6.45, 7) is 2.02. The average Bonchev–Trinajstić information content (AvgIpc) is 2.24. The van der Waals surface area contributed by atoms with Crippen molar-refractivity contribution in [3.8, 4) is 0 Å². The number of rotatable bonds is 2. The van der Waals surface area contributed by atoms with Crippen LogP contribution in [0.25, 0.3) is 0 Å². The van der Waals surface area contributed by atoms with E-state index < -0.39 is 0 Å². The van der Waals surface area contributed by atoms with Crippen LogP contribution >= 0.6 is 11.8 Å². The second-order valence-corrected chi connectivity index (χ2v) is 4.17. The summed E-state index contributed by atoms with van der Waals surface area (Å²) >= 11 is 1.56. The fourth-order valence-electron chi connectivity index (χ4n) is 1.17. The summed E-state index contributed by atoms with van der Waals surface area (Å²) in [6, 6.07) is 5.65. The van der Waals surface area contributed by atoms with Gasteiger partial charge < -0.3 is 5.73 Å². The molecule has 2 N–H and O–H groups in total. The van der Waals surface area contributed by atoms with Crippen LogP contribution in [0.1, 0.15) is 5.56 Å². The smallest absolute Gasteiger partial charge is 0.124 e. The highest BCUT2D eigenvalue weighted by molar-refractivity contribution is 7.99. The number of nitrogens with two attached hydrogens (primary N) is 1. The van der Waals surface area contributed by atoms with Gasteiger partial charge in [0, 0.05) is 23.5 Å². The van der Waals surface area contributed by atoms with Crippen LogP contribution in [0.5, 0.6) is 0 Å². The molecule has 0 amide bonds. The van der Waals surface area contributed by atoms with E-state index in [4.69, 9.17) is 5.73 Å². The van der Waals surface area contributed by atoms with E-state index in [-0.39, 0.29) is 0 Å². The van der Waals surface area contributed by atoms with Crippen LogP contribution in [0.4, 0.5) is 5.69 Å². The third-order valence-electron chi connectivity index (χ3n) is 1.98. The van der Waals surface area contributed by atoms with Gasteiger partial charge in [0.05, 0.1) is 5.69 Å². The lowest BCUT2D eigenvalue weighted by molar-refractivity contribution is 1.13. The van der Waals surface area contributed by atoms with E-state index in [0.29, 0.717) is 5.69 Å². The minimum Gasteiger partial charge on any atom is -0.397 e. The van der Waals surface area contributed by atoms with Crippen molar-refractivity contribution in [3.63, 3.8) is 0 Å². The molecule has 0 spiro atoms. The largest absolute Gasteiger partial charge is 0.397 e. The van der Waals surface area contributed by atoms with E-state index >= 15 is 0 Å². The zero-order valence-electron chi connectivity index (χ0n) is 8.34. The molecule has 0 aromatic carbocycles. The molecule has 0 aliphatic carbocycles. The van der Waals surface area contributed by atoms with Crippen molar-refractivity contribution in [3.05, 3.63) is 42.4 Å². The molecule has 15 heavy (non-hydrogen) atoms. The molecule has 0 saturated carbocycles. The number of hydrogen-bond acceptors (Lipinski definition) is 4. The van der Waals surface area contributed by atoms with Gasteiger partial charge in [0.1, 0.15) is 5.03 Å². The molecule has 76 valence electrons. The van der Waals surface area contributed by atoms with E-state index in [0.717, 1.165) is 15.5 Å². The van der Waals surface area contributed by atoms with Gasteiger partial charge in [0.15, 0.2) is 0 Å². The highest BCUT2D eigenvalue weighted by atomic mass is 32.2. The molecule has 2 aromatic rings. The normalized spacial score (nSPS) is 10.2. The first-order valence-corrected chi connectivity index (χ1v) is 5.38. The van der Waals surface area contributed by atoms with Gasteiger partial charge in [0.2, 0.25) is 0 Å². The number of aromatic nitrogens is 2. The van der Waals surface area contributed by atoms with E-state index in [1.807, 2.05) is 31.3 Å². The molecule has 0 unspecified atom stereocenters. The van der Waals surface area contributed by atoms with Gasteiger partial charge in [-0.25, -0.2) is 4.98 Å². The zero-order valence-corrected chi connectivity index (χ0v) is 9.16. The summed E-state index contributed by atoms with van der Waals surface area (Å²) in [7, 11) is 0. The summed E-state index contributed by atoms with van der Waals surface area (Å²) < 4.78 is 0. The second kappa shape index (κ2) is 4.31. The van der Waals surface area contributed by atoms with Crippen molar-refractivity contribution in [2.75, 3.05) is 5.73 Å². The first-order valence-electron chi connectivity index (χ1n) is 4.56. The Hall–Kier alpha value is -1.55. The highest BCUT2D eigenvalue weighted by Gasteiger charge is 2.04. The molecule has 0 radical (unpaired) electrons. The maximum Gasteiger partial charge on any atom is 0.124 e. The minimum atomic E-state index is 0.707. The summed E-state index contributed by atoms with van der Waals surface area (Å²) in [5.74, 6) is 0. The molecule has 2 rings (SSSR count). The second-order valence-electron chi connectivity index (χ2n) is 3.14. The minimum absolute atomic E-state index is 0.707. The summed E-state index contributed by atoms with van der Waals surface area (Å²) in [6.07, 6.45) is 5.35. The van der Waals surface area contributed by atoms with Crippen LogP contribution < -0.4 is 5.73 Å². The quantitative estimate of drug-likeness (QED) is 0.839. The Morgan fingerprint density at radius 3 is 2.87 bits per heavy atom. The monoisotopic (exact) mass is 217 g/mol. The molecular formula is C11H11N3S. The fourth-order valence-corrected chi connectivity index (χ4v) is 2.02. The average molecular weight is 217 g/mol. The standard InChI is InChI=1S/C11H11N3S/c1-8-7-13-6-4-10(8)15-11-9(12)3-2-5-14-11/h2-7H,12H2,1H3.